The maximum atomic E-state index is 12.2. The van der Waals surface area contributed by atoms with Crippen LogP contribution in [0, 0.1) is 50.2 Å². The largest absolute Gasteiger partial charge is 0.393 e. The van der Waals surface area contributed by atoms with Crippen LogP contribution in [0.1, 0.15) is 99.8 Å². The lowest BCUT2D eigenvalue weighted by molar-refractivity contribution is -0.333. The van der Waals surface area contributed by atoms with E-state index in [1.54, 1.807) is 5.57 Å². The summed E-state index contributed by atoms with van der Waals surface area (Å²) in [6.07, 6.45) is 9.27. The van der Waals surface area contributed by atoms with E-state index in [0.29, 0.717) is 18.4 Å². The van der Waals surface area contributed by atoms with E-state index in [1.165, 1.54) is 0 Å². The number of hydrogen-bond acceptors (Lipinski definition) is 5. The van der Waals surface area contributed by atoms with Crippen molar-refractivity contribution in [2.24, 2.45) is 50.2 Å². The Morgan fingerprint density at radius 3 is 2.32 bits per heavy atom. The van der Waals surface area contributed by atoms with Gasteiger partial charge >= 0.3 is 0 Å². The molecule has 6 rings (SSSR count). The Morgan fingerprint density at radius 1 is 0.892 bits per heavy atom. The molecule has 6 aliphatic rings. The molecule has 1 aliphatic heterocycles. The first-order valence-electron chi connectivity index (χ1n) is 15.1. The second-order valence-corrected chi connectivity index (χ2v) is 16.2. The van der Waals surface area contributed by atoms with Crippen molar-refractivity contribution < 1.29 is 24.8 Å². The van der Waals surface area contributed by atoms with Gasteiger partial charge in [-0.1, -0.05) is 60.1 Å². The number of allylic oxidation sites excluding steroid dienone is 2. The molecule has 0 aromatic heterocycles. The second kappa shape index (κ2) is 8.06. The SMILES string of the molecule is CC1(C)C[C@@H]2O[C@@H](CO)OC[C@]23[C@H](O)C[C@]2(C)C(=CC[C@@H]4[C@@]5(C)CC[C@H](O)C(C)(C)[C@@H]5CC[C@]42C)[C@@H]3C1. The monoisotopic (exact) mass is 516 g/mol. The van der Waals surface area contributed by atoms with Gasteiger partial charge in [-0.2, -0.15) is 0 Å². The third-order valence-corrected chi connectivity index (χ3v) is 13.8. The summed E-state index contributed by atoms with van der Waals surface area (Å²) >= 11 is 0. The molecule has 210 valence electrons. The van der Waals surface area contributed by atoms with Gasteiger partial charge in [-0.05, 0) is 96.2 Å². The molecule has 4 saturated carbocycles. The molecule has 0 aromatic rings. The van der Waals surface area contributed by atoms with Gasteiger partial charge < -0.3 is 24.8 Å². The average Bonchev–Trinajstić information content (AvgIpc) is 2.81. The molecule has 1 heterocycles. The molecule has 1 saturated heterocycles. The number of fused-ring (bicyclic) bond motifs is 6. The molecule has 0 bridgehead atoms. The molecule has 5 aliphatic carbocycles. The van der Waals surface area contributed by atoms with Crippen LogP contribution < -0.4 is 0 Å². The number of aliphatic hydroxyl groups excluding tert-OH is 3. The minimum Gasteiger partial charge on any atom is -0.393 e. The maximum absolute atomic E-state index is 12.2. The van der Waals surface area contributed by atoms with Crippen molar-refractivity contribution in [3.63, 3.8) is 0 Å². The van der Waals surface area contributed by atoms with Crippen molar-refractivity contribution in [2.45, 2.75) is 124 Å². The van der Waals surface area contributed by atoms with Gasteiger partial charge in [0.1, 0.15) is 0 Å². The van der Waals surface area contributed by atoms with Gasteiger partial charge in [-0.25, -0.2) is 0 Å². The summed E-state index contributed by atoms with van der Waals surface area (Å²) in [7, 11) is 0. The molecule has 0 unspecified atom stereocenters. The van der Waals surface area contributed by atoms with E-state index in [9.17, 15) is 15.3 Å². The zero-order valence-electron chi connectivity index (χ0n) is 24.3. The lowest BCUT2D eigenvalue weighted by Gasteiger charge is -2.73. The Bertz CT molecular complexity index is 972. The first kappa shape index (κ1) is 26.7. The number of ether oxygens (including phenoxy) is 2. The van der Waals surface area contributed by atoms with Crippen LogP contribution in [-0.2, 0) is 9.47 Å². The molecule has 5 heteroatoms. The molecule has 3 N–H and O–H groups in total. The van der Waals surface area contributed by atoms with Crippen molar-refractivity contribution in [1.29, 1.82) is 0 Å². The summed E-state index contributed by atoms with van der Waals surface area (Å²) < 4.78 is 12.5. The van der Waals surface area contributed by atoms with Crippen molar-refractivity contribution in [2.75, 3.05) is 13.2 Å². The van der Waals surface area contributed by atoms with Crippen LogP contribution in [0.3, 0.4) is 0 Å². The smallest absolute Gasteiger partial charge is 0.180 e. The van der Waals surface area contributed by atoms with Crippen LogP contribution >= 0.6 is 0 Å². The Balaban J connectivity index is 1.44. The third-order valence-electron chi connectivity index (χ3n) is 13.8. The van der Waals surface area contributed by atoms with Crippen LogP contribution in [0.2, 0.25) is 0 Å². The minimum absolute atomic E-state index is 0.0595. The predicted molar refractivity (Wildman–Crippen MR) is 144 cm³/mol. The van der Waals surface area contributed by atoms with E-state index in [2.05, 4.69) is 54.5 Å². The fraction of sp³-hybridized carbons (Fsp3) is 0.938. The topological polar surface area (TPSA) is 79.2 Å². The average molecular weight is 517 g/mol. The van der Waals surface area contributed by atoms with Crippen molar-refractivity contribution in [3.05, 3.63) is 11.6 Å². The zero-order chi connectivity index (χ0) is 26.8. The van der Waals surface area contributed by atoms with E-state index < -0.39 is 17.8 Å². The molecule has 0 amide bonds. The van der Waals surface area contributed by atoms with E-state index in [1.807, 2.05) is 0 Å². The standard InChI is InChI=1S/C32H52O5/c1-27(2)14-20-19-8-9-22-29(5)12-11-23(34)28(3,4)21(29)10-13-30(22,6)31(19,7)15-24(35)32(20)18-36-26(17-33)37-25(32)16-27/h8,20-26,33-35H,9-18H2,1-7H3/t20-,21-,22+,23-,24+,25-,26-,29-,30+,31+,32-/m0/s1. The third kappa shape index (κ3) is 3.27. The number of hydrogen-bond donors (Lipinski definition) is 3. The van der Waals surface area contributed by atoms with Gasteiger partial charge in [-0.3, -0.25) is 0 Å². The number of aliphatic hydroxyl groups is 3. The highest BCUT2D eigenvalue weighted by atomic mass is 16.7. The maximum Gasteiger partial charge on any atom is 0.180 e. The minimum atomic E-state index is -0.590. The zero-order valence-corrected chi connectivity index (χ0v) is 24.3. The van der Waals surface area contributed by atoms with Crippen LogP contribution in [0.25, 0.3) is 0 Å². The first-order valence-corrected chi connectivity index (χ1v) is 15.1. The van der Waals surface area contributed by atoms with Crippen LogP contribution in [0.15, 0.2) is 11.6 Å². The summed E-state index contributed by atoms with van der Waals surface area (Å²) in [5.74, 6) is 1.29. The first-order chi connectivity index (χ1) is 17.2. The lowest BCUT2D eigenvalue weighted by atomic mass is 9.33. The van der Waals surface area contributed by atoms with Crippen molar-refractivity contribution in [3.8, 4) is 0 Å². The summed E-state index contributed by atoms with van der Waals surface area (Å²) in [6, 6.07) is 0. The second-order valence-electron chi connectivity index (χ2n) is 16.2. The fourth-order valence-corrected chi connectivity index (χ4v) is 11.6. The summed E-state index contributed by atoms with van der Waals surface area (Å²) in [6.45, 7) is 17.2. The molecule has 1 spiro atoms. The summed E-state index contributed by atoms with van der Waals surface area (Å²) in [4.78, 5) is 0. The molecule has 37 heavy (non-hydrogen) atoms. The van der Waals surface area contributed by atoms with Crippen molar-refractivity contribution >= 4 is 0 Å². The highest BCUT2D eigenvalue weighted by molar-refractivity contribution is 5.36. The fourth-order valence-electron chi connectivity index (χ4n) is 11.6. The summed E-state index contributed by atoms with van der Waals surface area (Å²) in [5, 5.41) is 32.9. The van der Waals surface area contributed by atoms with E-state index in [-0.39, 0.29) is 51.8 Å². The molecule has 11 atom stereocenters. The Kier molecular flexibility index (Phi) is 5.82. The van der Waals surface area contributed by atoms with Gasteiger partial charge in [0.15, 0.2) is 6.29 Å². The lowest BCUT2D eigenvalue weighted by Crippen LogP contribution is -2.71. The van der Waals surface area contributed by atoms with Crippen LogP contribution in [0.4, 0.5) is 0 Å². The Labute approximate surface area is 224 Å². The van der Waals surface area contributed by atoms with Gasteiger partial charge in [-0.15, -0.1) is 0 Å². The highest BCUT2D eigenvalue weighted by Gasteiger charge is 2.72. The predicted octanol–water partition coefficient (Wildman–Crippen LogP) is 5.46. The molecule has 0 aromatic carbocycles. The van der Waals surface area contributed by atoms with Gasteiger partial charge in [0.2, 0.25) is 0 Å². The molecule has 5 fully saturated rings. The molecule has 0 radical (unpaired) electrons. The van der Waals surface area contributed by atoms with Gasteiger partial charge in [0.05, 0.1) is 36.9 Å². The summed E-state index contributed by atoms with van der Waals surface area (Å²) in [5.41, 5.74) is 1.38. The van der Waals surface area contributed by atoms with Crippen molar-refractivity contribution in [1.82, 2.24) is 0 Å². The molecule has 5 nitrogen and oxygen atoms in total. The molecular weight excluding hydrogens is 464 g/mol. The normalized spacial score (nSPS) is 56.1. The molecular formula is C32H52O5. The van der Waals surface area contributed by atoms with Gasteiger partial charge in [0, 0.05) is 0 Å². The highest BCUT2D eigenvalue weighted by Crippen LogP contribution is 2.76. The Hall–Kier alpha value is -0.460. The Morgan fingerprint density at radius 2 is 1.62 bits per heavy atom. The number of rotatable bonds is 1. The van der Waals surface area contributed by atoms with Crippen LogP contribution in [-0.4, -0.2) is 53.1 Å². The van der Waals surface area contributed by atoms with Crippen LogP contribution in [0.5, 0.6) is 0 Å². The van der Waals surface area contributed by atoms with Gasteiger partial charge in [0.25, 0.3) is 0 Å². The van der Waals surface area contributed by atoms with E-state index >= 15 is 0 Å². The quantitative estimate of drug-likeness (QED) is 0.403. The van der Waals surface area contributed by atoms with E-state index in [4.69, 9.17) is 9.47 Å². The van der Waals surface area contributed by atoms with E-state index in [0.717, 1.165) is 51.4 Å².